The van der Waals surface area contributed by atoms with Gasteiger partial charge in [0.05, 0.1) is 25.3 Å². The molecule has 18 heavy (non-hydrogen) atoms. The first kappa shape index (κ1) is 13.1. The maximum absolute atomic E-state index is 9.00. The van der Waals surface area contributed by atoms with Crippen LogP contribution in [-0.4, -0.2) is 29.6 Å². The Kier molecular flexibility index (Phi) is 4.05. The van der Waals surface area contributed by atoms with Crippen LogP contribution in [-0.2, 0) is 6.54 Å². The van der Waals surface area contributed by atoms with Gasteiger partial charge < -0.3 is 9.73 Å². The van der Waals surface area contributed by atoms with E-state index in [0.717, 1.165) is 31.8 Å². The molecule has 0 saturated carbocycles. The number of nitriles is 1. The van der Waals surface area contributed by atoms with E-state index in [2.05, 4.69) is 30.1 Å². The molecule has 0 bridgehead atoms. The van der Waals surface area contributed by atoms with Gasteiger partial charge in [-0.3, -0.25) is 4.90 Å². The summed E-state index contributed by atoms with van der Waals surface area (Å²) < 4.78 is 5.45. The molecule has 2 rings (SSSR count). The van der Waals surface area contributed by atoms with Crippen molar-refractivity contribution in [1.29, 1.82) is 5.26 Å². The van der Waals surface area contributed by atoms with E-state index in [-0.39, 0.29) is 11.6 Å². The second-order valence-corrected chi connectivity index (χ2v) is 5.49. The van der Waals surface area contributed by atoms with Gasteiger partial charge in [0.2, 0.25) is 0 Å². The summed E-state index contributed by atoms with van der Waals surface area (Å²) in [5.41, 5.74) is 0.0812. The second kappa shape index (κ2) is 5.55. The predicted octanol–water partition coefficient (Wildman–Crippen LogP) is 2.14. The molecule has 1 aromatic rings. The lowest BCUT2D eigenvalue weighted by atomic mass is 9.96. The summed E-state index contributed by atoms with van der Waals surface area (Å²) >= 11 is 0. The number of nitrogens with zero attached hydrogens (tertiary/aromatic N) is 2. The van der Waals surface area contributed by atoms with Crippen LogP contribution in [0.3, 0.4) is 0 Å². The first-order chi connectivity index (χ1) is 8.63. The van der Waals surface area contributed by atoms with Crippen molar-refractivity contribution in [2.24, 2.45) is 0 Å². The van der Waals surface area contributed by atoms with Crippen LogP contribution in [0.1, 0.15) is 32.4 Å². The fourth-order valence-corrected chi connectivity index (χ4v) is 2.61. The molecule has 4 heteroatoms. The van der Waals surface area contributed by atoms with Gasteiger partial charge in [-0.15, -0.1) is 0 Å². The van der Waals surface area contributed by atoms with Gasteiger partial charge in [0.1, 0.15) is 5.76 Å². The van der Waals surface area contributed by atoms with Crippen molar-refractivity contribution >= 4 is 0 Å². The highest BCUT2D eigenvalue weighted by Gasteiger charge is 2.34. The number of nitrogens with one attached hydrogen (secondary N) is 1. The standard InChI is InChI=1S/C14H21N3O/c1-14(2)6-8-16-10-12(5-7-15)17(14)11-13-4-3-9-18-13/h3-4,9,12,16H,5-6,8,10-11H2,1-2H3. The zero-order valence-corrected chi connectivity index (χ0v) is 11.1. The van der Waals surface area contributed by atoms with E-state index in [4.69, 9.17) is 9.68 Å². The van der Waals surface area contributed by atoms with Gasteiger partial charge in [0.15, 0.2) is 0 Å². The molecule has 1 unspecified atom stereocenters. The van der Waals surface area contributed by atoms with E-state index >= 15 is 0 Å². The summed E-state index contributed by atoms with van der Waals surface area (Å²) in [7, 11) is 0. The molecule has 0 spiro atoms. The Labute approximate surface area is 109 Å². The van der Waals surface area contributed by atoms with Crippen LogP contribution in [0.15, 0.2) is 22.8 Å². The van der Waals surface area contributed by atoms with Gasteiger partial charge in [-0.1, -0.05) is 0 Å². The van der Waals surface area contributed by atoms with Gasteiger partial charge in [-0.2, -0.15) is 5.26 Å². The lowest BCUT2D eigenvalue weighted by molar-refractivity contribution is 0.0632. The summed E-state index contributed by atoms with van der Waals surface area (Å²) in [4.78, 5) is 2.40. The van der Waals surface area contributed by atoms with Gasteiger partial charge in [-0.05, 0) is 38.9 Å². The van der Waals surface area contributed by atoms with Crippen molar-refractivity contribution < 1.29 is 4.42 Å². The molecule has 1 N–H and O–H groups in total. The van der Waals surface area contributed by atoms with Crippen molar-refractivity contribution in [2.45, 2.75) is 44.8 Å². The number of hydrogen-bond donors (Lipinski definition) is 1. The van der Waals surface area contributed by atoms with Gasteiger partial charge in [0, 0.05) is 18.1 Å². The van der Waals surface area contributed by atoms with Crippen LogP contribution < -0.4 is 5.32 Å². The Morgan fingerprint density at radius 3 is 3.11 bits per heavy atom. The summed E-state index contributed by atoms with van der Waals surface area (Å²) in [6.07, 6.45) is 3.34. The van der Waals surface area contributed by atoms with Crippen LogP contribution in [0, 0.1) is 11.3 Å². The molecule has 1 aliphatic heterocycles. The molecule has 1 atom stereocenters. The molecule has 2 heterocycles. The van der Waals surface area contributed by atoms with Crippen LogP contribution in [0.5, 0.6) is 0 Å². The maximum Gasteiger partial charge on any atom is 0.117 e. The third kappa shape index (κ3) is 2.92. The average molecular weight is 247 g/mol. The molecule has 1 fully saturated rings. The molecule has 0 aliphatic carbocycles. The van der Waals surface area contributed by atoms with Crippen molar-refractivity contribution in [3.05, 3.63) is 24.2 Å². The van der Waals surface area contributed by atoms with E-state index in [0.29, 0.717) is 6.42 Å². The highest BCUT2D eigenvalue weighted by Crippen LogP contribution is 2.27. The number of hydrogen-bond acceptors (Lipinski definition) is 4. The lowest BCUT2D eigenvalue weighted by Gasteiger charge is -2.40. The van der Waals surface area contributed by atoms with Crippen molar-refractivity contribution in [3.8, 4) is 6.07 Å². The molecule has 1 aliphatic rings. The quantitative estimate of drug-likeness (QED) is 0.889. The summed E-state index contributed by atoms with van der Waals surface area (Å²) in [5, 5.41) is 12.4. The Bertz CT molecular complexity index is 405. The minimum Gasteiger partial charge on any atom is -0.468 e. The van der Waals surface area contributed by atoms with Crippen LogP contribution in [0.4, 0.5) is 0 Å². The second-order valence-electron chi connectivity index (χ2n) is 5.49. The zero-order valence-electron chi connectivity index (χ0n) is 11.1. The molecular weight excluding hydrogens is 226 g/mol. The highest BCUT2D eigenvalue weighted by atomic mass is 16.3. The SMILES string of the molecule is CC1(C)CCNCC(CC#N)N1Cc1ccco1. The highest BCUT2D eigenvalue weighted by molar-refractivity contribution is 5.02. The Balaban J connectivity index is 2.19. The third-order valence-corrected chi connectivity index (χ3v) is 3.75. The van der Waals surface area contributed by atoms with E-state index in [1.165, 1.54) is 0 Å². The zero-order chi connectivity index (χ0) is 13.0. The van der Waals surface area contributed by atoms with Crippen molar-refractivity contribution in [1.82, 2.24) is 10.2 Å². The van der Waals surface area contributed by atoms with Crippen LogP contribution >= 0.6 is 0 Å². The molecule has 98 valence electrons. The molecule has 0 amide bonds. The topological polar surface area (TPSA) is 52.2 Å². The summed E-state index contributed by atoms with van der Waals surface area (Å²) in [6.45, 7) is 7.13. The van der Waals surface area contributed by atoms with Gasteiger partial charge in [-0.25, -0.2) is 0 Å². The minimum atomic E-state index is 0.0812. The molecule has 1 saturated heterocycles. The molecule has 4 nitrogen and oxygen atoms in total. The maximum atomic E-state index is 9.00. The predicted molar refractivity (Wildman–Crippen MR) is 69.8 cm³/mol. The molecular formula is C14H21N3O. The lowest BCUT2D eigenvalue weighted by Crippen LogP contribution is -2.49. The van der Waals surface area contributed by atoms with Crippen LogP contribution in [0.2, 0.25) is 0 Å². The largest absolute Gasteiger partial charge is 0.468 e. The number of rotatable bonds is 3. The first-order valence-electron chi connectivity index (χ1n) is 6.50. The third-order valence-electron chi connectivity index (χ3n) is 3.75. The smallest absolute Gasteiger partial charge is 0.117 e. The van der Waals surface area contributed by atoms with E-state index in [9.17, 15) is 0 Å². The normalized spacial score (nSPS) is 24.4. The Morgan fingerprint density at radius 1 is 1.61 bits per heavy atom. The van der Waals surface area contributed by atoms with Crippen molar-refractivity contribution in [3.63, 3.8) is 0 Å². The van der Waals surface area contributed by atoms with Crippen LogP contribution in [0.25, 0.3) is 0 Å². The summed E-state index contributed by atoms with van der Waals surface area (Å²) in [6, 6.07) is 6.46. The molecule has 0 aromatic carbocycles. The van der Waals surface area contributed by atoms with Gasteiger partial charge in [0.25, 0.3) is 0 Å². The first-order valence-corrected chi connectivity index (χ1v) is 6.50. The van der Waals surface area contributed by atoms with Crippen molar-refractivity contribution in [2.75, 3.05) is 13.1 Å². The average Bonchev–Trinajstić information content (AvgIpc) is 2.78. The minimum absolute atomic E-state index is 0.0812. The van der Waals surface area contributed by atoms with E-state index in [1.807, 2.05) is 12.1 Å². The number of furan rings is 1. The monoisotopic (exact) mass is 247 g/mol. The van der Waals surface area contributed by atoms with E-state index in [1.54, 1.807) is 6.26 Å². The molecule has 1 aromatic heterocycles. The summed E-state index contributed by atoms with van der Waals surface area (Å²) in [5.74, 6) is 0.966. The fourth-order valence-electron chi connectivity index (χ4n) is 2.61. The molecule has 0 radical (unpaired) electrons. The Hall–Kier alpha value is -1.31. The van der Waals surface area contributed by atoms with E-state index < -0.39 is 0 Å². The fraction of sp³-hybridized carbons (Fsp3) is 0.643. The van der Waals surface area contributed by atoms with Gasteiger partial charge >= 0.3 is 0 Å². The Morgan fingerprint density at radius 2 is 2.44 bits per heavy atom.